The molecule has 0 saturated carbocycles. The highest BCUT2D eigenvalue weighted by atomic mass is 19.1. The molecule has 2 saturated heterocycles. The van der Waals surface area contributed by atoms with E-state index in [1.54, 1.807) is 6.07 Å². The van der Waals surface area contributed by atoms with Gasteiger partial charge >= 0.3 is 0 Å². The Bertz CT molecular complexity index is 843. The van der Waals surface area contributed by atoms with Gasteiger partial charge in [-0.3, -0.25) is 4.90 Å². The third kappa shape index (κ3) is 3.24. The van der Waals surface area contributed by atoms with Gasteiger partial charge in [0.15, 0.2) is 0 Å². The SMILES string of the molecule is OC1CCCN(CC2CC3c4ccccc4Nc4ccc(F)cc4C3O2)C1. The monoisotopic (exact) mass is 368 g/mol. The maximum atomic E-state index is 14.0. The van der Waals surface area contributed by atoms with Crippen LogP contribution in [0.15, 0.2) is 42.5 Å². The van der Waals surface area contributed by atoms with E-state index in [1.165, 1.54) is 11.6 Å². The molecule has 0 aromatic heterocycles. The Kier molecular flexibility index (Phi) is 4.38. The lowest BCUT2D eigenvalue weighted by Gasteiger charge is -2.31. The van der Waals surface area contributed by atoms with Crippen molar-refractivity contribution in [3.63, 3.8) is 0 Å². The molecule has 0 radical (unpaired) electrons. The number of fused-ring (bicyclic) bond motifs is 5. The van der Waals surface area contributed by atoms with Crippen LogP contribution < -0.4 is 5.32 Å². The van der Waals surface area contributed by atoms with Crippen molar-refractivity contribution in [2.75, 3.05) is 25.0 Å². The van der Waals surface area contributed by atoms with Crippen LogP contribution in [0.1, 0.15) is 42.4 Å². The van der Waals surface area contributed by atoms with Gasteiger partial charge in [-0.2, -0.15) is 0 Å². The van der Waals surface area contributed by atoms with E-state index in [0.717, 1.165) is 55.8 Å². The second kappa shape index (κ2) is 6.89. The summed E-state index contributed by atoms with van der Waals surface area (Å²) in [6.07, 6.45) is 2.54. The summed E-state index contributed by atoms with van der Waals surface area (Å²) in [6.45, 7) is 2.55. The van der Waals surface area contributed by atoms with E-state index in [-0.39, 0.29) is 30.0 Å². The van der Waals surface area contributed by atoms with Crippen LogP contribution in [-0.4, -0.2) is 41.8 Å². The Balaban J connectivity index is 1.46. The highest BCUT2D eigenvalue weighted by Gasteiger charge is 2.41. The minimum Gasteiger partial charge on any atom is -0.392 e. The fourth-order valence-electron chi connectivity index (χ4n) is 4.91. The highest BCUT2D eigenvalue weighted by molar-refractivity contribution is 5.70. The zero-order valence-corrected chi connectivity index (χ0v) is 15.3. The number of benzene rings is 2. The Morgan fingerprint density at radius 2 is 2.00 bits per heavy atom. The van der Waals surface area contributed by atoms with Gasteiger partial charge in [0.05, 0.1) is 18.3 Å². The topological polar surface area (TPSA) is 44.7 Å². The molecule has 3 heterocycles. The predicted octanol–water partition coefficient (Wildman–Crippen LogP) is 3.95. The van der Waals surface area contributed by atoms with Crippen molar-refractivity contribution in [1.82, 2.24) is 4.90 Å². The van der Waals surface area contributed by atoms with Gasteiger partial charge in [-0.1, -0.05) is 18.2 Å². The van der Waals surface area contributed by atoms with Gasteiger partial charge in [-0.15, -0.1) is 0 Å². The molecule has 3 aliphatic heterocycles. The molecule has 2 aromatic carbocycles. The molecule has 4 atom stereocenters. The third-order valence-electron chi connectivity index (χ3n) is 6.11. The number of ether oxygens (including phenoxy) is 1. The van der Waals surface area contributed by atoms with Crippen molar-refractivity contribution >= 4 is 11.4 Å². The first-order chi connectivity index (χ1) is 13.2. The predicted molar refractivity (Wildman–Crippen MR) is 103 cm³/mol. The number of anilines is 2. The number of rotatable bonds is 2. The maximum Gasteiger partial charge on any atom is 0.123 e. The molecule has 0 amide bonds. The van der Waals surface area contributed by atoms with Gasteiger partial charge in [-0.05, 0) is 55.6 Å². The van der Waals surface area contributed by atoms with Gasteiger partial charge in [0.1, 0.15) is 5.82 Å². The first-order valence-electron chi connectivity index (χ1n) is 9.88. The molecular formula is C22H25FN2O2. The van der Waals surface area contributed by atoms with Crippen LogP contribution in [0, 0.1) is 5.82 Å². The molecule has 0 aliphatic carbocycles. The zero-order valence-electron chi connectivity index (χ0n) is 15.3. The van der Waals surface area contributed by atoms with Crippen molar-refractivity contribution in [2.45, 2.75) is 43.5 Å². The van der Waals surface area contributed by atoms with Crippen LogP contribution >= 0.6 is 0 Å². The second-order valence-electron chi connectivity index (χ2n) is 8.02. The van der Waals surface area contributed by atoms with E-state index in [4.69, 9.17) is 4.74 Å². The molecule has 3 aliphatic rings. The number of aliphatic hydroxyl groups excluding tert-OH is 1. The van der Waals surface area contributed by atoms with E-state index in [0.29, 0.717) is 0 Å². The lowest BCUT2D eigenvalue weighted by molar-refractivity contribution is -0.000923. The first-order valence-corrected chi connectivity index (χ1v) is 9.88. The summed E-state index contributed by atoms with van der Waals surface area (Å²) in [4.78, 5) is 2.31. The second-order valence-corrected chi connectivity index (χ2v) is 8.02. The fourth-order valence-corrected chi connectivity index (χ4v) is 4.91. The number of β-amino-alcohol motifs (C(OH)–C–C–N with tert-alkyl or cyclic N) is 1. The van der Waals surface area contributed by atoms with Gasteiger partial charge in [0, 0.05) is 35.9 Å². The number of halogens is 1. The van der Waals surface area contributed by atoms with Crippen molar-refractivity contribution in [3.8, 4) is 0 Å². The van der Waals surface area contributed by atoms with Crippen LogP contribution in [0.3, 0.4) is 0 Å². The maximum absolute atomic E-state index is 14.0. The summed E-state index contributed by atoms with van der Waals surface area (Å²) in [5.41, 5.74) is 4.14. The molecule has 4 unspecified atom stereocenters. The normalized spacial score (nSPS) is 30.0. The molecule has 4 nitrogen and oxygen atoms in total. The molecule has 5 rings (SSSR count). The molecule has 2 fully saturated rings. The molecule has 2 N–H and O–H groups in total. The number of piperidine rings is 1. The Labute approximate surface area is 159 Å². The van der Waals surface area contributed by atoms with Crippen molar-refractivity contribution in [3.05, 3.63) is 59.4 Å². The number of para-hydroxylation sites is 1. The number of aliphatic hydroxyl groups is 1. The Morgan fingerprint density at radius 3 is 2.89 bits per heavy atom. The zero-order chi connectivity index (χ0) is 18.4. The Hall–Kier alpha value is -1.95. The molecular weight excluding hydrogens is 343 g/mol. The van der Waals surface area contributed by atoms with Crippen LogP contribution in [-0.2, 0) is 4.74 Å². The van der Waals surface area contributed by atoms with Crippen molar-refractivity contribution < 1.29 is 14.2 Å². The highest BCUT2D eigenvalue weighted by Crippen LogP contribution is 2.51. The fraction of sp³-hybridized carbons (Fsp3) is 0.455. The van der Waals surface area contributed by atoms with Crippen molar-refractivity contribution in [2.24, 2.45) is 0 Å². The first kappa shape index (κ1) is 17.2. The van der Waals surface area contributed by atoms with E-state index in [2.05, 4.69) is 28.4 Å². The quantitative estimate of drug-likeness (QED) is 0.842. The smallest absolute Gasteiger partial charge is 0.123 e. The average Bonchev–Trinajstić information content (AvgIpc) is 3.02. The largest absolute Gasteiger partial charge is 0.392 e. The van der Waals surface area contributed by atoms with E-state index in [1.807, 2.05) is 12.1 Å². The standard InChI is InChI=1S/C22H25FN2O2/c23-14-7-8-21-19(10-14)22-18(17-5-1-2-6-20(17)24-21)11-16(27-22)13-25-9-3-4-15(26)12-25/h1-2,5-8,10,15-16,18,22,24,26H,3-4,9,11-13H2. The van der Waals surface area contributed by atoms with Crippen LogP contribution in [0.2, 0.25) is 0 Å². The molecule has 0 bridgehead atoms. The lowest BCUT2D eigenvalue weighted by atomic mass is 9.87. The van der Waals surface area contributed by atoms with Crippen LogP contribution in [0.5, 0.6) is 0 Å². The van der Waals surface area contributed by atoms with Gasteiger partial charge in [-0.25, -0.2) is 4.39 Å². The number of hydrogen-bond acceptors (Lipinski definition) is 4. The van der Waals surface area contributed by atoms with E-state index in [9.17, 15) is 9.50 Å². The summed E-state index contributed by atoms with van der Waals surface area (Å²) >= 11 is 0. The van der Waals surface area contributed by atoms with Crippen LogP contribution in [0.25, 0.3) is 0 Å². The number of nitrogens with one attached hydrogen (secondary N) is 1. The summed E-state index contributed by atoms with van der Waals surface area (Å²) in [6, 6.07) is 13.2. The summed E-state index contributed by atoms with van der Waals surface area (Å²) in [7, 11) is 0. The molecule has 142 valence electrons. The number of likely N-dealkylation sites (tertiary alicyclic amines) is 1. The molecule has 5 heteroatoms. The van der Waals surface area contributed by atoms with E-state index >= 15 is 0 Å². The van der Waals surface area contributed by atoms with Gasteiger partial charge in [0.25, 0.3) is 0 Å². The average molecular weight is 368 g/mol. The number of nitrogens with zero attached hydrogens (tertiary/aromatic N) is 1. The van der Waals surface area contributed by atoms with Gasteiger partial charge < -0.3 is 15.2 Å². The van der Waals surface area contributed by atoms with Crippen LogP contribution in [0.4, 0.5) is 15.8 Å². The summed E-state index contributed by atoms with van der Waals surface area (Å²) in [5, 5.41) is 13.4. The molecule has 0 spiro atoms. The Morgan fingerprint density at radius 1 is 1.15 bits per heavy atom. The molecule has 2 aromatic rings. The minimum absolute atomic E-state index is 0.0903. The van der Waals surface area contributed by atoms with Gasteiger partial charge in [0.2, 0.25) is 0 Å². The number of hydrogen-bond donors (Lipinski definition) is 2. The van der Waals surface area contributed by atoms with E-state index < -0.39 is 0 Å². The summed E-state index contributed by atoms with van der Waals surface area (Å²) in [5.74, 6) is -0.0251. The third-order valence-corrected chi connectivity index (χ3v) is 6.11. The minimum atomic E-state index is -0.231. The lowest BCUT2D eigenvalue weighted by Crippen LogP contribution is -2.42. The molecule has 27 heavy (non-hydrogen) atoms. The summed E-state index contributed by atoms with van der Waals surface area (Å²) < 4.78 is 20.5. The van der Waals surface area contributed by atoms with Crippen molar-refractivity contribution in [1.29, 1.82) is 0 Å².